The van der Waals surface area contributed by atoms with E-state index in [0.717, 1.165) is 5.56 Å². The Kier molecular flexibility index (Phi) is 5.84. The van der Waals surface area contributed by atoms with Gasteiger partial charge in [0.15, 0.2) is 0 Å². The number of carbonyl (C=O) groups is 2. The van der Waals surface area contributed by atoms with Crippen LogP contribution in [0.25, 0.3) is 0 Å². The molecule has 2 aromatic rings. The second kappa shape index (κ2) is 7.85. The van der Waals surface area contributed by atoms with Gasteiger partial charge in [0.1, 0.15) is 5.82 Å². The minimum absolute atomic E-state index is 0.0188. The quantitative estimate of drug-likeness (QED) is 0.824. The summed E-state index contributed by atoms with van der Waals surface area (Å²) in [5.41, 5.74) is 1.05. The zero-order valence-electron chi connectivity index (χ0n) is 12.9. The SMILES string of the molecule is CN(C)C(CNC(=O)C(=O)Nc1ccccc1F)c1ccsc1. The molecule has 0 aliphatic heterocycles. The maximum Gasteiger partial charge on any atom is 0.313 e. The third-order valence-electron chi connectivity index (χ3n) is 3.34. The minimum Gasteiger partial charge on any atom is -0.346 e. The number of carbonyl (C=O) groups excluding carboxylic acids is 2. The van der Waals surface area contributed by atoms with E-state index in [1.165, 1.54) is 18.2 Å². The van der Waals surface area contributed by atoms with Crippen LogP contribution >= 0.6 is 11.3 Å². The van der Waals surface area contributed by atoms with Crippen LogP contribution in [0, 0.1) is 5.82 Å². The van der Waals surface area contributed by atoms with Gasteiger partial charge in [0.25, 0.3) is 0 Å². The standard InChI is InChI=1S/C16H18FN3O2S/c1-20(2)14(11-7-8-23-10-11)9-18-15(21)16(22)19-13-6-4-3-5-12(13)17/h3-8,10,14H,9H2,1-2H3,(H,18,21)(H,19,22). The zero-order chi connectivity index (χ0) is 16.8. The lowest BCUT2D eigenvalue weighted by Crippen LogP contribution is -2.40. The van der Waals surface area contributed by atoms with Crippen molar-refractivity contribution in [3.8, 4) is 0 Å². The van der Waals surface area contributed by atoms with E-state index < -0.39 is 17.6 Å². The first-order valence-electron chi connectivity index (χ1n) is 7.01. The van der Waals surface area contributed by atoms with Gasteiger partial charge in [0, 0.05) is 6.54 Å². The van der Waals surface area contributed by atoms with Crippen LogP contribution in [0.5, 0.6) is 0 Å². The maximum atomic E-state index is 13.5. The molecule has 0 bridgehead atoms. The number of benzene rings is 1. The molecule has 0 saturated heterocycles. The third-order valence-corrected chi connectivity index (χ3v) is 4.04. The van der Waals surface area contributed by atoms with Crippen LogP contribution < -0.4 is 10.6 Å². The molecule has 1 heterocycles. The largest absolute Gasteiger partial charge is 0.346 e. The summed E-state index contributed by atoms with van der Waals surface area (Å²) in [6.45, 7) is 0.285. The number of nitrogens with zero attached hydrogens (tertiary/aromatic N) is 1. The Hall–Kier alpha value is -2.25. The fourth-order valence-electron chi connectivity index (χ4n) is 2.07. The van der Waals surface area contributed by atoms with E-state index in [4.69, 9.17) is 0 Å². The predicted octanol–water partition coefficient (Wildman–Crippen LogP) is 2.24. The van der Waals surface area contributed by atoms with Crippen LogP contribution in [-0.4, -0.2) is 37.4 Å². The number of hydrogen-bond donors (Lipinski definition) is 2. The van der Waals surface area contributed by atoms with E-state index in [1.807, 2.05) is 35.8 Å². The Labute approximate surface area is 138 Å². The van der Waals surface area contributed by atoms with Crippen molar-refractivity contribution >= 4 is 28.8 Å². The molecular formula is C16H18FN3O2S. The van der Waals surface area contributed by atoms with E-state index >= 15 is 0 Å². The number of rotatable bonds is 5. The summed E-state index contributed by atoms with van der Waals surface area (Å²) in [5, 5.41) is 8.79. The first-order valence-corrected chi connectivity index (χ1v) is 7.95. The fourth-order valence-corrected chi connectivity index (χ4v) is 2.78. The van der Waals surface area contributed by atoms with Crippen LogP contribution in [0.2, 0.25) is 0 Å². The van der Waals surface area contributed by atoms with Gasteiger partial charge < -0.3 is 15.5 Å². The van der Waals surface area contributed by atoms with Gasteiger partial charge in [-0.3, -0.25) is 9.59 Å². The van der Waals surface area contributed by atoms with Gasteiger partial charge in [-0.2, -0.15) is 11.3 Å². The number of halogens is 1. The molecule has 1 aromatic heterocycles. The van der Waals surface area contributed by atoms with Crippen molar-refractivity contribution in [2.24, 2.45) is 0 Å². The molecule has 2 rings (SSSR count). The van der Waals surface area contributed by atoms with E-state index in [2.05, 4.69) is 10.6 Å². The molecule has 1 aromatic carbocycles. The Balaban J connectivity index is 1.93. The summed E-state index contributed by atoms with van der Waals surface area (Å²) >= 11 is 1.57. The summed E-state index contributed by atoms with van der Waals surface area (Å²) in [4.78, 5) is 25.7. The van der Waals surface area contributed by atoms with Crippen molar-refractivity contribution in [3.63, 3.8) is 0 Å². The lowest BCUT2D eigenvalue weighted by molar-refractivity contribution is -0.136. The van der Waals surface area contributed by atoms with Crippen molar-refractivity contribution in [2.45, 2.75) is 6.04 Å². The molecular weight excluding hydrogens is 317 g/mol. The highest BCUT2D eigenvalue weighted by molar-refractivity contribution is 7.07. The van der Waals surface area contributed by atoms with E-state index in [9.17, 15) is 14.0 Å². The van der Waals surface area contributed by atoms with Crippen molar-refractivity contribution in [3.05, 3.63) is 52.5 Å². The minimum atomic E-state index is -0.891. The van der Waals surface area contributed by atoms with E-state index in [0.29, 0.717) is 0 Å². The van der Waals surface area contributed by atoms with Gasteiger partial charge >= 0.3 is 11.8 Å². The van der Waals surface area contributed by atoms with Crippen molar-refractivity contribution < 1.29 is 14.0 Å². The number of likely N-dealkylation sites (N-methyl/N-ethyl adjacent to an activating group) is 1. The lowest BCUT2D eigenvalue weighted by Gasteiger charge is -2.23. The zero-order valence-corrected chi connectivity index (χ0v) is 13.7. The summed E-state index contributed by atoms with van der Waals surface area (Å²) in [5.74, 6) is -2.27. The monoisotopic (exact) mass is 335 g/mol. The van der Waals surface area contributed by atoms with Crippen LogP contribution in [-0.2, 0) is 9.59 Å². The van der Waals surface area contributed by atoms with Crippen LogP contribution in [0.15, 0.2) is 41.1 Å². The molecule has 0 radical (unpaired) electrons. The summed E-state index contributed by atoms with van der Waals surface area (Å²) < 4.78 is 13.5. The van der Waals surface area contributed by atoms with E-state index in [1.54, 1.807) is 17.4 Å². The molecule has 0 saturated carbocycles. The van der Waals surface area contributed by atoms with Crippen LogP contribution in [0.1, 0.15) is 11.6 Å². The average Bonchev–Trinajstić information content (AvgIpc) is 3.03. The Morgan fingerprint density at radius 3 is 2.57 bits per heavy atom. The molecule has 0 aliphatic carbocycles. The molecule has 7 heteroatoms. The Morgan fingerprint density at radius 1 is 1.22 bits per heavy atom. The number of hydrogen-bond acceptors (Lipinski definition) is 4. The topological polar surface area (TPSA) is 61.4 Å². The average molecular weight is 335 g/mol. The highest BCUT2D eigenvalue weighted by atomic mass is 32.1. The highest BCUT2D eigenvalue weighted by Crippen LogP contribution is 2.20. The fraction of sp³-hybridized carbons (Fsp3) is 0.250. The van der Waals surface area contributed by atoms with Gasteiger partial charge in [-0.05, 0) is 48.6 Å². The maximum absolute atomic E-state index is 13.5. The Bertz CT molecular complexity index is 674. The van der Waals surface area contributed by atoms with Gasteiger partial charge in [-0.1, -0.05) is 12.1 Å². The third kappa shape index (κ3) is 4.61. The predicted molar refractivity (Wildman–Crippen MR) is 88.8 cm³/mol. The van der Waals surface area contributed by atoms with Crippen molar-refractivity contribution in [1.82, 2.24) is 10.2 Å². The second-order valence-electron chi connectivity index (χ2n) is 5.18. The number of thiophene rings is 1. The lowest BCUT2D eigenvalue weighted by atomic mass is 10.1. The summed E-state index contributed by atoms with van der Waals surface area (Å²) in [6, 6.07) is 7.64. The van der Waals surface area contributed by atoms with Gasteiger partial charge in [-0.15, -0.1) is 0 Å². The van der Waals surface area contributed by atoms with Gasteiger partial charge in [0.05, 0.1) is 11.7 Å². The molecule has 0 aliphatic rings. The number of anilines is 1. The van der Waals surface area contributed by atoms with Gasteiger partial charge in [0.2, 0.25) is 0 Å². The second-order valence-corrected chi connectivity index (χ2v) is 5.96. The molecule has 23 heavy (non-hydrogen) atoms. The van der Waals surface area contributed by atoms with E-state index in [-0.39, 0.29) is 18.3 Å². The van der Waals surface area contributed by atoms with Crippen molar-refractivity contribution in [2.75, 3.05) is 26.0 Å². The number of para-hydroxylation sites is 1. The number of nitrogens with one attached hydrogen (secondary N) is 2. The molecule has 2 amide bonds. The normalized spacial score (nSPS) is 12.0. The first kappa shape index (κ1) is 17.1. The smallest absolute Gasteiger partial charge is 0.313 e. The molecule has 1 atom stereocenters. The van der Waals surface area contributed by atoms with Crippen LogP contribution in [0.4, 0.5) is 10.1 Å². The Morgan fingerprint density at radius 2 is 1.96 bits per heavy atom. The van der Waals surface area contributed by atoms with Crippen molar-refractivity contribution in [1.29, 1.82) is 0 Å². The highest BCUT2D eigenvalue weighted by Gasteiger charge is 2.19. The van der Waals surface area contributed by atoms with Crippen LogP contribution in [0.3, 0.4) is 0 Å². The molecule has 1 unspecified atom stereocenters. The molecule has 122 valence electrons. The molecule has 0 spiro atoms. The summed E-state index contributed by atoms with van der Waals surface area (Å²) in [6.07, 6.45) is 0. The summed E-state index contributed by atoms with van der Waals surface area (Å²) in [7, 11) is 3.79. The first-order chi connectivity index (χ1) is 11.0. The molecule has 5 nitrogen and oxygen atoms in total. The molecule has 2 N–H and O–H groups in total. The molecule has 0 fully saturated rings. The van der Waals surface area contributed by atoms with Gasteiger partial charge in [-0.25, -0.2) is 4.39 Å². The number of amides is 2.